The first-order chi connectivity index (χ1) is 15.1. The van der Waals surface area contributed by atoms with Crippen LogP contribution in [0.5, 0.6) is 0 Å². The van der Waals surface area contributed by atoms with Crippen LogP contribution >= 0.6 is 0 Å². The zero-order valence-corrected chi connectivity index (χ0v) is 19.1. The average Bonchev–Trinajstić information content (AvgIpc) is 3.16. The maximum absolute atomic E-state index is 14.3. The molecule has 0 aromatic heterocycles. The van der Waals surface area contributed by atoms with Crippen LogP contribution in [0.1, 0.15) is 43.9 Å². The maximum Gasteiger partial charge on any atom is 0.145 e. The third-order valence-electron chi connectivity index (χ3n) is 5.24. The number of ether oxygens (including phenoxy) is 1. The van der Waals surface area contributed by atoms with Crippen LogP contribution in [0.15, 0.2) is 47.6 Å². The van der Waals surface area contributed by atoms with Crippen molar-refractivity contribution in [3.05, 3.63) is 70.8 Å². The number of aliphatic hydroxyl groups excluding tert-OH is 1. The van der Waals surface area contributed by atoms with E-state index in [9.17, 15) is 13.9 Å². The lowest BCUT2D eigenvalue weighted by atomic mass is 10.00. The Balaban J connectivity index is 1.67. The molecule has 1 N–H and O–H groups in total. The SMILES string of the molecule is Cc1ccccc1C1=NOC(CN(Cc2ccc(F)cc2F)CC(O)COC(C)(C)C)C1. The fourth-order valence-electron chi connectivity index (χ4n) is 3.66. The molecule has 2 unspecified atom stereocenters. The summed E-state index contributed by atoms with van der Waals surface area (Å²) in [5.74, 6) is -1.23. The molecule has 1 heterocycles. The molecule has 0 spiro atoms. The number of nitrogens with zero attached hydrogens (tertiary/aromatic N) is 2. The summed E-state index contributed by atoms with van der Waals surface area (Å²) in [6, 6.07) is 11.5. The predicted molar refractivity (Wildman–Crippen MR) is 121 cm³/mol. The number of halogens is 2. The van der Waals surface area contributed by atoms with Crippen molar-refractivity contribution in [3.8, 4) is 0 Å². The number of aliphatic hydroxyl groups is 1. The van der Waals surface area contributed by atoms with Gasteiger partial charge in [-0.1, -0.05) is 35.5 Å². The van der Waals surface area contributed by atoms with Crippen LogP contribution in [0.3, 0.4) is 0 Å². The second-order valence-corrected chi connectivity index (χ2v) is 9.29. The zero-order valence-electron chi connectivity index (χ0n) is 19.1. The van der Waals surface area contributed by atoms with E-state index in [1.54, 1.807) is 0 Å². The van der Waals surface area contributed by atoms with Gasteiger partial charge in [-0.2, -0.15) is 0 Å². The molecule has 2 aromatic rings. The molecule has 5 nitrogen and oxygen atoms in total. The lowest BCUT2D eigenvalue weighted by Crippen LogP contribution is -2.40. The Bertz CT molecular complexity index is 943. The van der Waals surface area contributed by atoms with Gasteiger partial charge in [-0.25, -0.2) is 8.78 Å². The van der Waals surface area contributed by atoms with Crippen molar-refractivity contribution in [2.75, 3.05) is 19.7 Å². The fourth-order valence-corrected chi connectivity index (χ4v) is 3.66. The Morgan fingerprint density at radius 1 is 1.22 bits per heavy atom. The van der Waals surface area contributed by atoms with Crippen LogP contribution in [-0.4, -0.2) is 53.2 Å². The Morgan fingerprint density at radius 3 is 2.66 bits per heavy atom. The molecule has 1 aliphatic heterocycles. The third kappa shape index (κ3) is 7.08. The van der Waals surface area contributed by atoms with Crippen molar-refractivity contribution in [2.45, 2.75) is 58.5 Å². The van der Waals surface area contributed by atoms with Gasteiger partial charge in [-0.3, -0.25) is 4.90 Å². The Hall–Kier alpha value is -2.35. The maximum atomic E-state index is 14.3. The van der Waals surface area contributed by atoms with Gasteiger partial charge in [0.2, 0.25) is 0 Å². The largest absolute Gasteiger partial charge is 0.390 e. The van der Waals surface area contributed by atoms with Gasteiger partial charge >= 0.3 is 0 Å². The summed E-state index contributed by atoms with van der Waals surface area (Å²) < 4.78 is 33.3. The van der Waals surface area contributed by atoms with Crippen molar-refractivity contribution >= 4 is 5.71 Å². The summed E-state index contributed by atoms with van der Waals surface area (Å²) in [5, 5.41) is 14.8. The summed E-state index contributed by atoms with van der Waals surface area (Å²) in [6.45, 7) is 8.84. The van der Waals surface area contributed by atoms with Crippen LogP contribution < -0.4 is 0 Å². The van der Waals surface area contributed by atoms with Crippen LogP contribution in [0.2, 0.25) is 0 Å². The first kappa shape index (κ1) is 24.3. The lowest BCUT2D eigenvalue weighted by Gasteiger charge is -2.28. The highest BCUT2D eigenvalue weighted by molar-refractivity contribution is 6.02. The third-order valence-corrected chi connectivity index (χ3v) is 5.24. The number of rotatable bonds is 9. The van der Waals surface area contributed by atoms with E-state index in [1.165, 1.54) is 12.1 Å². The molecule has 2 atom stereocenters. The number of hydrogen-bond acceptors (Lipinski definition) is 5. The summed E-state index contributed by atoms with van der Waals surface area (Å²) in [7, 11) is 0. The molecule has 0 saturated carbocycles. The fraction of sp³-hybridized carbons (Fsp3) is 0.480. The zero-order chi connectivity index (χ0) is 23.3. The molecular formula is C25H32F2N2O3. The van der Waals surface area contributed by atoms with E-state index in [0.29, 0.717) is 18.5 Å². The highest BCUT2D eigenvalue weighted by atomic mass is 19.1. The second-order valence-electron chi connectivity index (χ2n) is 9.29. The molecule has 1 aliphatic rings. The van der Waals surface area contributed by atoms with Crippen molar-refractivity contribution in [3.63, 3.8) is 0 Å². The van der Waals surface area contributed by atoms with E-state index in [4.69, 9.17) is 9.57 Å². The first-order valence-electron chi connectivity index (χ1n) is 10.9. The van der Waals surface area contributed by atoms with E-state index < -0.39 is 17.7 Å². The quantitative estimate of drug-likeness (QED) is 0.619. The molecule has 0 saturated heterocycles. The van der Waals surface area contributed by atoms with Crippen LogP contribution in [0, 0.1) is 18.6 Å². The number of benzene rings is 2. The first-order valence-corrected chi connectivity index (χ1v) is 10.9. The van der Waals surface area contributed by atoms with Gasteiger partial charge in [0.1, 0.15) is 17.7 Å². The van der Waals surface area contributed by atoms with Crippen molar-refractivity contribution in [1.82, 2.24) is 4.90 Å². The molecule has 2 aromatic carbocycles. The van der Waals surface area contributed by atoms with E-state index >= 15 is 0 Å². The van der Waals surface area contributed by atoms with Crippen molar-refractivity contribution in [1.29, 1.82) is 0 Å². The smallest absolute Gasteiger partial charge is 0.145 e. The van der Waals surface area contributed by atoms with Gasteiger partial charge in [-0.05, 0) is 39.3 Å². The average molecular weight is 447 g/mol. The minimum absolute atomic E-state index is 0.155. The molecule has 32 heavy (non-hydrogen) atoms. The van der Waals surface area contributed by atoms with E-state index in [2.05, 4.69) is 5.16 Å². The molecule has 174 valence electrons. The second kappa shape index (κ2) is 10.5. The molecule has 7 heteroatoms. The monoisotopic (exact) mass is 446 g/mol. The summed E-state index contributed by atoms with van der Waals surface area (Å²) in [5.41, 5.74) is 3.02. The van der Waals surface area contributed by atoms with E-state index in [-0.39, 0.29) is 31.4 Å². The highest BCUT2D eigenvalue weighted by Gasteiger charge is 2.27. The Kier molecular flexibility index (Phi) is 7.98. The van der Waals surface area contributed by atoms with E-state index in [0.717, 1.165) is 22.9 Å². The molecule has 0 bridgehead atoms. The van der Waals surface area contributed by atoms with Crippen molar-refractivity contribution < 1.29 is 23.5 Å². The Labute approximate surface area is 188 Å². The molecule has 0 amide bonds. The molecule has 0 radical (unpaired) electrons. The van der Waals surface area contributed by atoms with Gasteiger partial charge in [0.05, 0.1) is 24.0 Å². The van der Waals surface area contributed by atoms with Crippen LogP contribution in [0.25, 0.3) is 0 Å². The summed E-state index contributed by atoms with van der Waals surface area (Å²) in [4.78, 5) is 7.56. The van der Waals surface area contributed by atoms with Crippen molar-refractivity contribution in [2.24, 2.45) is 5.16 Å². The molecular weight excluding hydrogens is 414 g/mol. The Morgan fingerprint density at radius 2 is 1.97 bits per heavy atom. The molecule has 0 fully saturated rings. The van der Waals surface area contributed by atoms with E-state index in [1.807, 2.05) is 56.9 Å². The van der Waals surface area contributed by atoms with Gasteiger partial charge in [-0.15, -0.1) is 0 Å². The van der Waals surface area contributed by atoms with Crippen LogP contribution in [-0.2, 0) is 16.1 Å². The number of aryl methyl sites for hydroxylation is 1. The van der Waals surface area contributed by atoms with Gasteiger partial charge in [0.25, 0.3) is 0 Å². The standard InChI is InChI=1S/C25H32F2N2O3/c1-17-7-5-6-8-22(17)24-12-21(32-28-24)15-29(14-20(30)16-31-25(2,3)4)13-18-9-10-19(26)11-23(18)27/h5-11,20-21,30H,12-16H2,1-4H3. The number of hydrogen-bond donors (Lipinski definition) is 1. The minimum Gasteiger partial charge on any atom is -0.390 e. The summed E-state index contributed by atoms with van der Waals surface area (Å²) in [6.07, 6.45) is -0.387. The van der Waals surface area contributed by atoms with Gasteiger partial charge in [0, 0.05) is 43.2 Å². The van der Waals surface area contributed by atoms with Gasteiger partial charge < -0.3 is 14.7 Å². The molecule has 3 rings (SSSR count). The topological polar surface area (TPSA) is 54.3 Å². The molecule has 0 aliphatic carbocycles. The minimum atomic E-state index is -0.768. The van der Waals surface area contributed by atoms with Crippen LogP contribution in [0.4, 0.5) is 8.78 Å². The number of oxime groups is 1. The predicted octanol–water partition coefficient (Wildman–Crippen LogP) is 4.44. The summed E-state index contributed by atoms with van der Waals surface area (Å²) >= 11 is 0. The lowest BCUT2D eigenvalue weighted by molar-refractivity contribution is -0.0601. The highest BCUT2D eigenvalue weighted by Crippen LogP contribution is 2.21. The normalized spacial score (nSPS) is 17.4. The van der Waals surface area contributed by atoms with Gasteiger partial charge in [0.15, 0.2) is 0 Å².